The second-order valence-corrected chi connectivity index (χ2v) is 9.08. The van der Waals surface area contributed by atoms with Crippen molar-refractivity contribution in [3.8, 4) is 11.1 Å². The second kappa shape index (κ2) is 6.51. The number of amides is 1. The number of fused-ring (bicyclic) bond motifs is 2. The summed E-state index contributed by atoms with van der Waals surface area (Å²) in [5.41, 5.74) is 4.01. The summed E-state index contributed by atoms with van der Waals surface area (Å²) >= 11 is 0. The quantitative estimate of drug-likeness (QED) is 0.709. The number of rotatable bonds is 2. The summed E-state index contributed by atoms with van der Waals surface area (Å²) in [6, 6.07) is 10.9. The lowest BCUT2D eigenvalue weighted by atomic mass is 9.93. The molecule has 1 aromatic carbocycles. The summed E-state index contributed by atoms with van der Waals surface area (Å²) < 4.78 is 5.55. The average molecular weight is 390 g/mol. The van der Waals surface area contributed by atoms with Gasteiger partial charge in [0.25, 0.3) is 0 Å². The number of ether oxygens (including phenoxy) is 1. The monoisotopic (exact) mass is 390 g/mol. The van der Waals surface area contributed by atoms with Crippen LogP contribution in [0.1, 0.15) is 20.8 Å². The molecule has 4 heterocycles. The Morgan fingerprint density at radius 2 is 1.97 bits per heavy atom. The summed E-state index contributed by atoms with van der Waals surface area (Å²) in [4.78, 5) is 24.4. The first-order chi connectivity index (χ1) is 13.9. The molecular formula is C23H26N4O2. The number of likely N-dealkylation sites (tertiary alicyclic amines) is 1. The van der Waals surface area contributed by atoms with Crippen molar-refractivity contribution in [3.05, 3.63) is 48.9 Å². The zero-order valence-electron chi connectivity index (χ0n) is 17.1. The molecule has 6 nitrogen and oxygen atoms in total. The van der Waals surface area contributed by atoms with Crippen LogP contribution in [0.15, 0.2) is 48.9 Å². The van der Waals surface area contributed by atoms with Gasteiger partial charge < -0.3 is 19.5 Å². The highest BCUT2D eigenvalue weighted by Gasteiger charge is 2.49. The van der Waals surface area contributed by atoms with E-state index >= 15 is 0 Å². The Morgan fingerprint density at radius 1 is 1.10 bits per heavy atom. The van der Waals surface area contributed by atoms with Gasteiger partial charge in [-0.1, -0.05) is 12.1 Å². The van der Waals surface area contributed by atoms with Gasteiger partial charge in [-0.25, -0.2) is 4.79 Å². The third-order valence-corrected chi connectivity index (χ3v) is 5.84. The zero-order chi connectivity index (χ0) is 20.2. The molecule has 2 atom stereocenters. The van der Waals surface area contributed by atoms with Crippen LogP contribution in [0.4, 0.5) is 10.5 Å². The lowest BCUT2D eigenvalue weighted by Crippen LogP contribution is -2.59. The van der Waals surface area contributed by atoms with E-state index in [0.717, 1.165) is 42.0 Å². The molecule has 0 bridgehead atoms. The Hall–Kier alpha value is -3.02. The van der Waals surface area contributed by atoms with Gasteiger partial charge in [0.15, 0.2) is 0 Å². The van der Waals surface area contributed by atoms with Gasteiger partial charge >= 0.3 is 6.09 Å². The van der Waals surface area contributed by atoms with Gasteiger partial charge in [0.05, 0.1) is 17.9 Å². The van der Waals surface area contributed by atoms with E-state index < -0.39 is 5.60 Å². The third kappa shape index (κ3) is 3.33. The van der Waals surface area contributed by atoms with E-state index in [0.29, 0.717) is 5.92 Å². The van der Waals surface area contributed by atoms with Gasteiger partial charge in [-0.3, -0.25) is 4.98 Å². The molecule has 1 N–H and O–H groups in total. The van der Waals surface area contributed by atoms with Gasteiger partial charge in [-0.15, -0.1) is 0 Å². The molecule has 0 spiro atoms. The molecule has 2 fully saturated rings. The number of nitrogens with one attached hydrogen (secondary N) is 1. The predicted octanol–water partition coefficient (Wildman–Crippen LogP) is 4.29. The lowest BCUT2D eigenvalue weighted by molar-refractivity contribution is -0.0163. The molecule has 0 radical (unpaired) electrons. The van der Waals surface area contributed by atoms with Crippen LogP contribution in [0.5, 0.6) is 0 Å². The first kappa shape index (κ1) is 18.0. The van der Waals surface area contributed by atoms with Crippen LogP contribution in [0.3, 0.4) is 0 Å². The molecule has 2 aliphatic rings. The SMILES string of the molecule is CC(C)(C)OC(=O)N1CC2CN(c3cncc(-c4ccc5cc[nH]c5c4)c3)CC21. The summed E-state index contributed by atoms with van der Waals surface area (Å²) in [6.45, 7) is 8.27. The number of nitrogens with zero attached hydrogens (tertiary/aromatic N) is 3. The van der Waals surface area contributed by atoms with Gasteiger partial charge in [0.2, 0.25) is 0 Å². The fourth-order valence-corrected chi connectivity index (χ4v) is 4.36. The second-order valence-electron chi connectivity index (χ2n) is 9.08. The molecule has 6 heteroatoms. The van der Waals surface area contributed by atoms with Gasteiger partial charge in [-0.2, -0.15) is 0 Å². The van der Waals surface area contributed by atoms with Crippen LogP contribution in [0, 0.1) is 5.92 Å². The van der Waals surface area contributed by atoms with Crippen molar-refractivity contribution in [2.75, 3.05) is 24.5 Å². The molecule has 0 saturated carbocycles. The topological polar surface area (TPSA) is 61.5 Å². The molecular weight excluding hydrogens is 364 g/mol. The number of aromatic amines is 1. The van der Waals surface area contributed by atoms with Crippen molar-refractivity contribution < 1.29 is 9.53 Å². The fourth-order valence-electron chi connectivity index (χ4n) is 4.36. The standard InChI is InChI=1S/C23H26N4O2/c1-23(2,3)29-22(28)27-13-18-12-26(14-21(18)27)19-8-17(10-24-11-19)16-5-4-15-6-7-25-20(15)9-16/h4-11,18,21,25H,12-14H2,1-3H3. The molecule has 5 rings (SSSR count). The highest BCUT2D eigenvalue weighted by molar-refractivity contribution is 5.85. The maximum absolute atomic E-state index is 12.4. The smallest absolute Gasteiger partial charge is 0.410 e. The highest BCUT2D eigenvalue weighted by Crippen LogP contribution is 2.36. The van der Waals surface area contributed by atoms with Crippen molar-refractivity contribution in [1.82, 2.24) is 14.9 Å². The van der Waals surface area contributed by atoms with Crippen LogP contribution in [-0.4, -0.2) is 52.2 Å². The minimum atomic E-state index is -0.459. The van der Waals surface area contributed by atoms with E-state index in [1.54, 1.807) is 0 Å². The Kier molecular flexibility index (Phi) is 4.05. The van der Waals surface area contributed by atoms with E-state index in [-0.39, 0.29) is 12.1 Å². The number of carbonyl (C=O) groups excluding carboxylic acids is 1. The number of hydrogen-bond acceptors (Lipinski definition) is 4. The van der Waals surface area contributed by atoms with Crippen molar-refractivity contribution in [2.24, 2.45) is 5.92 Å². The summed E-state index contributed by atoms with van der Waals surface area (Å²) in [5, 5.41) is 1.20. The minimum Gasteiger partial charge on any atom is -0.444 e. The van der Waals surface area contributed by atoms with Crippen molar-refractivity contribution in [2.45, 2.75) is 32.4 Å². The molecule has 3 aromatic rings. The summed E-state index contributed by atoms with van der Waals surface area (Å²) in [6.07, 6.45) is 5.58. The lowest BCUT2D eigenvalue weighted by Gasteiger charge is -2.43. The van der Waals surface area contributed by atoms with E-state index in [2.05, 4.69) is 45.2 Å². The molecule has 2 unspecified atom stereocenters. The maximum Gasteiger partial charge on any atom is 0.410 e. The van der Waals surface area contributed by atoms with Crippen LogP contribution in [0.2, 0.25) is 0 Å². The molecule has 2 saturated heterocycles. The predicted molar refractivity (Wildman–Crippen MR) is 114 cm³/mol. The van der Waals surface area contributed by atoms with E-state index in [1.807, 2.05) is 44.3 Å². The maximum atomic E-state index is 12.4. The number of carbonyl (C=O) groups is 1. The number of benzene rings is 1. The van der Waals surface area contributed by atoms with Gasteiger partial charge in [-0.05, 0) is 49.9 Å². The summed E-state index contributed by atoms with van der Waals surface area (Å²) in [7, 11) is 0. The largest absolute Gasteiger partial charge is 0.444 e. The Labute approximate surface area is 170 Å². The van der Waals surface area contributed by atoms with Crippen molar-refractivity contribution in [1.29, 1.82) is 0 Å². The van der Waals surface area contributed by atoms with Crippen molar-refractivity contribution >= 4 is 22.7 Å². The number of H-pyrrole nitrogens is 1. The Bertz CT molecular complexity index is 1070. The van der Waals surface area contributed by atoms with E-state index in [4.69, 9.17) is 4.74 Å². The number of pyridine rings is 1. The van der Waals surface area contributed by atoms with Crippen LogP contribution >= 0.6 is 0 Å². The number of anilines is 1. The van der Waals surface area contributed by atoms with Crippen LogP contribution in [-0.2, 0) is 4.74 Å². The molecule has 2 aliphatic heterocycles. The average Bonchev–Trinajstić information content (AvgIpc) is 3.25. The van der Waals surface area contributed by atoms with Gasteiger partial charge in [0.1, 0.15) is 5.60 Å². The van der Waals surface area contributed by atoms with Crippen molar-refractivity contribution in [3.63, 3.8) is 0 Å². The number of aromatic nitrogens is 2. The minimum absolute atomic E-state index is 0.202. The van der Waals surface area contributed by atoms with Crippen LogP contribution in [0.25, 0.3) is 22.0 Å². The molecule has 150 valence electrons. The Morgan fingerprint density at radius 3 is 2.79 bits per heavy atom. The first-order valence-electron chi connectivity index (χ1n) is 10.1. The Balaban J connectivity index is 1.33. The van der Waals surface area contributed by atoms with E-state index in [9.17, 15) is 4.79 Å². The highest BCUT2D eigenvalue weighted by atomic mass is 16.6. The fraction of sp³-hybridized carbons (Fsp3) is 0.391. The zero-order valence-corrected chi connectivity index (χ0v) is 17.1. The molecule has 29 heavy (non-hydrogen) atoms. The summed E-state index contributed by atoms with van der Waals surface area (Å²) in [5.74, 6) is 0.501. The van der Waals surface area contributed by atoms with Gasteiger partial charge in [0, 0.05) is 49.0 Å². The third-order valence-electron chi connectivity index (χ3n) is 5.84. The van der Waals surface area contributed by atoms with E-state index in [1.165, 1.54) is 5.39 Å². The molecule has 2 aromatic heterocycles. The first-order valence-corrected chi connectivity index (χ1v) is 10.1. The molecule has 0 aliphatic carbocycles. The normalized spacial score (nSPS) is 21.2. The number of hydrogen-bond donors (Lipinski definition) is 1. The van der Waals surface area contributed by atoms with Crippen LogP contribution < -0.4 is 4.90 Å². The molecule has 1 amide bonds.